The van der Waals surface area contributed by atoms with Crippen molar-refractivity contribution in [1.82, 2.24) is 5.32 Å². The first-order valence-corrected chi connectivity index (χ1v) is 15.9. The number of rotatable bonds is 7. The van der Waals surface area contributed by atoms with Gasteiger partial charge in [0, 0.05) is 12.0 Å². The number of methoxy groups -OCH3 is 1. The smallest absolute Gasteiger partial charge is 0.264 e. The van der Waals surface area contributed by atoms with Gasteiger partial charge >= 0.3 is 0 Å². The molecule has 0 spiro atoms. The molecule has 8 nitrogen and oxygen atoms in total. The van der Waals surface area contributed by atoms with Gasteiger partial charge < -0.3 is 19.5 Å². The maximum atomic E-state index is 14.1. The molecule has 3 aromatic rings. The number of nitrogens with zero attached hydrogens (tertiary/aromatic N) is 1. The molecule has 9 heteroatoms. The molecular weight excluding hydrogens is 552 g/mol. The van der Waals surface area contributed by atoms with Crippen molar-refractivity contribution >= 4 is 21.6 Å². The van der Waals surface area contributed by atoms with Crippen LogP contribution in [0.2, 0.25) is 0 Å². The van der Waals surface area contributed by atoms with Gasteiger partial charge in [0.15, 0.2) is 6.10 Å². The van der Waals surface area contributed by atoms with E-state index < -0.39 is 21.7 Å². The number of ether oxygens (including phenoxy) is 3. The Hall–Kier alpha value is -3.72. The third-order valence-corrected chi connectivity index (χ3v) is 10.2. The molecule has 2 atom stereocenters. The summed E-state index contributed by atoms with van der Waals surface area (Å²) in [6.07, 6.45) is 1.14. The Labute approximate surface area is 249 Å². The monoisotopic (exact) mass is 592 g/mol. The highest BCUT2D eigenvalue weighted by Gasteiger charge is 2.42. The Kier molecular flexibility index (Phi) is 7.91. The molecule has 0 unspecified atom stereocenters. The van der Waals surface area contributed by atoms with E-state index in [9.17, 15) is 13.2 Å². The number of carbonyl (C=O) groups is 1. The number of fused-ring (bicyclic) bond motifs is 2. The van der Waals surface area contributed by atoms with Crippen molar-refractivity contribution in [2.75, 3.05) is 18.0 Å². The van der Waals surface area contributed by atoms with Crippen molar-refractivity contribution in [2.45, 2.75) is 81.9 Å². The summed E-state index contributed by atoms with van der Waals surface area (Å²) in [5.41, 5.74) is 1.64. The third-order valence-electron chi connectivity index (χ3n) is 8.44. The predicted octanol–water partition coefficient (Wildman–Crippen LogP) is 6.15. The van der Waals surface area contributed by atoms with E-state index in [-0.39, 0.29) is 28.8 Å². The zero-order valence-electron chi connectivity index (χ0n) is 25.1. The van der Waals surface area contributed by atoms with Gasteiger partial charge in [0.1, 0.15) is 22.8 Å². The van der Waals surface area contributed by atoms with Crippen LogP contribution in [0.3, 0.4) is 0 Å². The average molecular weight is 593 g/mol. The van der Waals surface area contributed by atoms with E-state index in [0.717, 1.165) is 29.7 Å². The molecule has 0 aliphatic carbocycles. The normalized spacial score (nSPS) is 19.5. The largest absolute Gasteiger partial charge is 0.497 e. The van der Waals surface area contributed by atoms with E-state index in [4.69, 9.17) is 14.2 Å². The maximum absolute atomic E-state index is 14.1. The molecule has 2 heterocycles. The molecule has 0 fully saturated rings. The number of hydrogen-bond acceptors (Lipinski definition) is 6. The molecule has 0 saturated heterocycles. The lowest BCUT2D eigenvalue weighted by Gasteiger charge is -2.42. The minimum absolute atomic E-state index is 0.102. The Morgan fingerprint density at radius 3 is 2.36 bits per heavy atom. The van der Waals surface area contributed by atoms with Crippen LogP contribution in [0.4, 0.5) is 5.69 Å². The van der Waals surface area contributed by atoms with Crippen molar-refractivity contribution in [1.29, 1.82) is 0 Å². The number of anilines is 1. The number of para-hydroxylation sites is 1. The highest BCUT2D eigenvalue weighted by atomic mass is 32.2. The van der Waals surface area contributed by atoms with E-state index in [1.54, 1.807) is 18.2 Å². The van der Waals surface area contributed by atoms with Gasteiger partial charge in [-0.15, -0.1) is 0 Å². The van der Waals surface area contributed by atoms with E-state index in [1.807, 2.05) is 36.4 Å². The highest BCUT2D eigenvalue weighted by Crippen LogP contribution is 2.44. The lowest BCUT2D eigenvalue weighted by molar-refractivity contribution is -0.129. The topological polar surface area (TPSA) is 94.2 Å². The van der Waals surface area contributed by atoms with Crippen molar-refractivity contribution in [3.05, 3.63) is 77.9 Å². The second-order valence-electron chi connectivity index (χ2n) is 12.0. The Morgan fingerprint density at radius 2 is 1.71 bits per heavy atom. The van der Waals surface area contributed by atoms with Crippen LogP contribution in [-0.2, 0) is 20.2 Å². The fraction of sp³-hybridized carbons (Fsp3) is 0.424. The second kappa shape index (κ2) is 11.2. The van der Waals surface area contributed by atoms with Crippen molar-refractivity contribution in [3.63, 3.8) is 0 Å². The van der Waals surface area contributed by atoms with Crippen LogP contribution in [0.15, 0.2) is 71.6 Å². The minimum atomic E-state index is -4.04. The summed E-state index contributed by atoms with van der Waals surface area (Å²) in [6, 6.07) is 19.2. The zero-order valence-corrected chi connectivity index (χ0v) is 26.0. The highest BCUT2D eigenvalue weighted by molar-refractivity contribution is 7.92. The molecular formula is C33H40N2O6S. The van der Waals surface area contributed by atoms with Gasteiger partial charge in [0.25, 0.3) is 15.9 Å². The van der Waals surface area contributed by atoms with Gasteiger partial charge in [-0.2, -0.15) is 0 Å². The van der Waals surface area contributed by atoms with Crippen LogP contribution < -0.4 is 23.8 Å². The van der Waals surface area contributed by atoms with Crippen LogP contribution >= 0.6 is 0 Å². The zero-order chi connectivity index (χ0) is 30.3. The molecule has 2 aliphatic rings. The van der Waals surface area contributed by atoms with E-state index in [2.05, 4.69) is 39.9 Å². The first kappa shape index (κ1) is 29.8. The molecule has 224 valence electrons. The Morgan fingerprint density at radius 1 is 1.02 bits per heavy atom. The summed E-state index contributed by atoms with van der Waals surface area (Å²) in [7, 11) is -2.51. The van der Waals surface area contributed by atoms with Crippen LogP contribution in [-0.4, -0.2) is 39.7 Å². The Balaban J connectivity index is 1.50. The quantitative estimate of drug-likeness (QED) is 0.354. The average Bonchev–Trinajstić information content (AvgIpc) is 2.99. The molecule has 0 bridgehead atoms. The lowest BCUT2D eigenvalue weighted by atomic mass is 9.83. The van der Waals surface area contributed by atoms with Crippen LogP contribution in [0, 0.1) is 0 Å². The minimum Gasteiger partial charge on any atom is -0.497 e. The molecule has 42 heavy (non-hydrogen) atoms. The van der Waals surface area contributed by atoms with E-state index in [0.29, 0.717) is 23.6 Å². The molecule has 5 rings (SSSR count). The van der Waals surface area contributed by atoms with E-state index >= 15 is 0 Å². The number of sulfonamides is 1. The fourth-order valence-electron chi connectivity index (χ4n) is 5.65. The third kappa shape index (κ3) is 5.54. The summed E-state index contributed by atoms with van der Waals surface area (Å²) in [5.74, 6) is 1.27. The Bertz CT molecular complexity index is 1560. The SMILES string of the molecule is CCC1(CC)C[C@@H](NC(=O)[C@H]2CN(S(=O)(=O)c3ccc(OC)cc3)c3cc(C(C)(C)C)ccc3O2)c2ccccc2O1. The molecule has 0 radical (unpaired) electrons. The molecule has 2 aliphatic heterocycles. The molecule has 1 N–H and O–H groups in total. The summed E-state index contributed by atoms with van der Waals surface area (Å²) in [5, 5.41) is 3.18. The summed E-state index contributed by atoms with van der Waals surface area (Å²) < 4.78 is 47.3. The number of amides is 1. The van der Waals surface area contributed by atoms with Gasteiger partial charge in [-0.1, -0.05) is 58.9 Å². The van der Waals surface area contributed by atoms with Crippen molar-refractivity contribution in [2.24, 2.45) is 0 Å². The van der Waals surface area contributed by atoms with Gasteiger partial charge in [-0.3, -0.25) is 9.10 Å². The second-order valence-corrected chi connectivity index (χ2v) is 13.9. The molecule has 1 amide bonds. The van der Waals surface area contributed by atoms with Gasteiger partial charge in [-0.25, -0.2) is 8.42 Å². The predicted molar refractivity (Wildman–Crippen MR) is 163 cm³/mol. The fourth-order valence-corrected chi connectivity index (χ4v) is 7.12. The van der Waals surface area contributed by atoms with E-state index in [1.165, 1.54) is 23.5 Å². The standard InChI is InChI=1S/C33H40N2O6S/c1-7-33(8-2)20-26(25-11-9-10-12-28(25)41-33)34-31(36)30-21-35(42(37,38)24-16-14-23(39-6)15-17-24)27-19-22(32(3,4)5)13-18-29(27)40-30/h9-19,26,30H,7-8,20-21H2,1-6H3,(H,34,36)/t26-,30-/m1/s1. The first-order valence-electron chi connectivity index (χ1n) is 14.5. The number of carbonyl (C=O) groups excluding carboxylic acids is 1. The van der Waals surface area contributed by atoms with Gasteiger partial charge in [0.05, 0.1) is 30.3 Å². The van der Waals surface area contributed by atoms with Crippen LogP contribution in [0.1, 0.15) is 71.0 Å². The molecule has 0 saturated carbocycles. The van der Waals surface area contributed by atoms with Gasteiger partial charge in [0.2, 0.25) is 0 Å². The van der Waals surface area contributed by atoms with Crippen LogP contribution in [0.5, 0.6) is 17.2 Å². The summed E-state index contributed by atoms with van der Waals surface area (Å²) in [6.45, 7) is 10.2. The first-order chi connectivity index (χ1) is 19.9. The summed E-state index contributed by atoms with van der Waals surface area (Å²) in [4.78, 5) is 14.0. The van der Waals surface area contributed by atoms with Crippen LogP contribution in [0.25, 0.3) is 0 Å². The number of hydrogen-bond donors (Lipinski definition) is 1. The molecule has 0 aromatic heterocycles. The lowest BCUT2D eigenvalue weighted by Crippen LogP contribution is -2.53. The van der Waals surface area contributed by atoms with Crippen molar-refractivity contribution in [3.8, 4) is 17.2 Å². The number of nitrogens with one attached hydrogen (secondary N) is 1. The van der Waals surface area contributed by atoms with Gasteiger partial charge in [-0.05, 0) is 66.3 Å². The number of benzene rings is 3. The van der Waals surface area contributed by atoms with Crippen molar-refractivity contribution < 1.29 is 27.4 Å². The summed E-state index contributed by atoms with van der Waals surface area (Å²) >= 11 is 0. The molecule has 3 aromatic carbocycles. The maximum Gasteiger partial charge on any atom is 0.264 e.